The molecule has 0 saturated carbocycles. The number of nitrogens with one attached hydrogen (secondary N) is 6. The number of aryl methyl sites for hydroxylation is 2. The number of carbonyl (C=O) groups is 9. The molecule has 34 nitrogen and oxygen atoms in total. The second-order valence-electron chi connectivity index (χ2n) is 24.6. The number of hydrogen-bond acceptors (Lipinski definition) is 20. The molecule has 34 heteroatoms. The normalized spacial score (nSPS) is 15.2. The van der Waals surface area contributed by atoms with Crippen molar-refractivity contribution in [2.75, 3.05) is 14.7 Å². The Bertz CT molecular complexity index is 5990. The van der Waals surface area contributed by atoms with Crippen LogP contribution in [0.1, 0.15) is 48.6 Å². The molecular formula is C80H68N12O22. The van der Waals surface area contributed by atoms with Gasteiger partial charge in [-0.2, -0.15) is 0 Å². The van der Waals surface area contributed by atoms with Gasteiger partial charge in [-0.1, -0.05) is 126 Å². The highest BCUT2D eigenvalue weighted by Gasteiger charge is 2.39. The first-order valence-electron chi connectivity index (χ1n) is 33.3. The molecule has 15 N–H and O–H groups in total. The van der Waals surface area contributed by atoms with Crippen LogP contribution in [0.25, 0.3) is 35.3 Å². The zero-order chi connectivity index (χ0) is 80.9. The molecule has 3 aliphatic rings. The highest BCUT2D eigenvalue weighted by Crippen LogP contribution is 2.28. The molecule has 0 bridgehead atoms. The van der Waals surface area contributed by atoms with Crippen molar-refractivity contribution >= 4 is 88.8 Å². The fourth-order valence-corrected chi connectivity index (χ4v) is 10.9. The lowest BCUT2D eigenvalue weighted by molar-refractivity contribution is -0.124. The van der Waals surface area contributed by atoms with E-state index in [0.717, 1.165) is 34.6 Å². The van der Waals surface area contributed by atoms with Gasteiger partial charge >= 0.3 is 35.2 Å². The van der Waals surface area contributed by atoms with Crippen LogP contribution in [0.4, 0.5) is 31.4 Å². The van der Waals surface area contributed by atoms with Crippen molar-refractivity contribution in [3.05, 3.63) is 336 Å². The Morgan fingerprint density at radius 3 is 1.06 bits per heavy atom. The molecule has 6 aromatic carbocycles. The number of hydrogen-bond donors (Lipinski definition) is 11. The van der Waals surface area contributed by atoms with Crippen LogP contribution in [-0.4, -0.2) is 119 Å². The summed E-state index contributed by atoms with van der Waals surface area (Å²) in [5.41, 5.74) is -1.76. The van der Waals surface area contributed by atoms with Gasteiger partial charge in [0.15, 0.2) is 0 Å². The minimum Gasteiger partial charge on any atom is -0.508 e. The van der Waals surface area contributed by atoms with E-state index in [1.54, 1.807) is 118 Å². The highest BCUT2D eigenvalue weighted by atomic mass is 16.3. The third kappa shape index (κ3) is 18.8. The number of amides is 12. The first-order valence-corrected chi connectivity index (χ1v) is 33.3. The average Bonchev–Trinajstić information content (AvgIpc) is 0.795. The minimum absolute atomic E-state index is 0. The van der Waals surface area contributed by atoms with Gasteiger partial charge in [0.1, 0.15) is 44.9 Å². The number of urea groups is 3. The third-order valence-electron chi connectivity index (χ3n) is 16.5. The topological polar surface area (TPSA) is 528 Å². The summed E-state index contributed by atoms with van der Waals surface area (Å²) in [5.74, 6) is -7.19. The number of carbonyl (C=O) groups excluding carboxylic acids is 9. The van der Waals surface area contributed by atoms with E-state index in [9.17, 15) is 97.5 Å². The molecule has 0 atom stereocenters. The second kappa shape index (κ2) is 36.1. The Hall–Kier alpha value is -16.2. The zero-order valence-electron chi connectivity index (χ0n) is 60.5. The van der Waals surface area contributed by atoms with Gasteiger partial charge in [-0.3, -0.25) is 74.1 Å². The van der Waals surface area contributed by atoms with E-state index in [1.807, 2.05) is 26.0 Å². The van der Waals surface area contributed by atoms with Crippen LogP contribution >= 0.6 is 0 Å². The Balaban J connectivity index is 0.000000212. The molecule has 3 saturated heterocycles. The number of phenols is 2. The van der Waals surface area contributed by atoms with Crippen molar-refractivity contribution in [1.82, 2.24) is 44.6 Å². The van der Waals surface area contributed by atoms with Crippen LogP contribution in [0.15, 0.2) is 275 Å². The van der Waals surface area contributed by atoms with Crippen molar-refractivity contribution in [3.8, 4) is 46.2 Å². The highest BCUT2D eigenvalue weighted by molar-refractivity contribution is 6.39. The van der Waals surface area contributed by atoms with Crippen LogP contribution in [0.3, 0.4) is 0 Å². The van der Waals surface area contributed by atoms with Crippen molar-refractivity contribution in [2.24, 2.45) is 0 Å². The lowest BCUT2D eigenvalue weighted by Gasteiger charge is -2.26. The molecule has 9 aromatic rings. The van der Waals surface area contributed by atoms with E-state index in [-0.39, 0.29) is 67.2 Å². The molecule has 12 amide bonds. The monoisotopic (exact) mass is 1550 g/mol. The Labute approximate surface area is 642 Å². The van der Waals surface area contributed by atoms with Gasteiger partial charge in [-0.05, 0) is 155 Å². The number of aromatic hydroxyl groups is 5. The van der Waals surface area contributed by atoms with Crippen LogP contribution in [0.5, 0.6) is 29.1 Å². The van der Waals surface area contributed by atoms with E-state index in [1.165, 1.54) is 121 Å². The van der Waals surface area contributed by atoms with Gasteiger partial charge in [0.2, 0.25) is 17.6 Å². The molecule has 0 radical (unpaired) electrons. The maximum atomic E-state index is 13.0. The number of rotatable bonds is 15. The summed E-state index contributed by atoms with van der Waals surface area (Å²) in [6.45, 7) is 8.49. The van der Waals surface area contributed by atoms with Crippen LogP contribution in [-0.2, 0) is 28.8 Å². The summed E-state index contributed by atoms with van der Waals surface area (Å²) in [6, 6.07) is 38.2. The molecule has 3 fully saturated rings. The first kappa shape index (κ1) is 83.4. The van der Waals surface area contributed by atoms with Crippen molar-refractivity contribution in [2.45, 2.75) is 34.6 Å². The Kier molecular flexibility index (Phi) is 26.4. The number of barbiturate groups is 3. The molecule has 6 heterocycles. The average molecular weight is 1550 g/mol. The molecule has 12 rings (SSSR count). The first-order chi connectivity index (χ1) is 53.4. The molecule has 3 aliphatic heterocycles. The minimum atomic E-state index is -0.972. The summed E-state index contributed by atoms with van der Waals surface area (Å²) >= 11 is 0. The van der Waals surface area contributed by atoms with Crippen molar-refractivity contribution in [1.29, 1.82) is 0 Å². The number of aromatic nitrogens is 6. The molecule has 580 valence electrons. The van der Waals surface area contributed by atoms with Gasteiger partial charge in [0.25, 0.3) is 52.1 Å². The third-order valence-corrected chi connectivity index (χ3v) is 16.5. The molecule has 114 heavy (non-hydrogen) atoms. The standard InChI is InChI=1S/C28H24N4O6.C26H20N4O8.C26H20N4O6.2H2O/c1-16(10-12-21-23(33)29-27(37)31(25(21)35)19-8-4-6-17(2)14-19)11-13-22-24(34)30-28(38)32(26(22)36)20-9-5-7-18(3)15-20;1-14(8-10-19-21(33)27-25(37)29(23(19)35)15-4-2-6-17(31)12-15)9-11-20-22(34)28-26(38)30(24(20)36)16-5-3-7-18(32)13-16;1-16(12-14-19-21(31)27-25(35)29(23(19)33)17-8-4-2-5-9-17)13-15-20-22(32)28-26(36)30(24(20)34)18-10-6-3-7-11-18;;/h4-15,35H,1-3H3,(H,29,33,37)(H,30,34,38);2-13,31-33H,1H3,(H,27,37)(H,28,34,38);2-15,33H,1H3,(H,27,31,35)(H,28,32,36);2*1H2/b12-10+,16-11+,22-13+;;;;. The van der Waals surface area contributed by atoms with Crippen molar-refractivity contribution in [3.63, 3.8) is 0 Å². The predicted molar refractivity (Wildman–Crippen MR) is 418 cm³/mol. The summed E-state index contributed by atoms with van der Waals surface area (Å²) in [6.07, 6.45) is 16.1. The lowest BCUT2D eigenvalue weighted by Crippen LogP contribution is -2.54. The van der Waals surface area contributed by atoms with Gasteiger partial charge in [0.05, 0.1) is 34.1 Å². The smallest absolute Gasteiger partial charge is 0.335 e. The number of para-hydroxylation sites is 2. The lowest BCUT2D eigenvalue weighted by atomic mass is 10.1. The molecular weight excluding hydrogens is 1480 g/mol. The number of aromatic amines is 3. The zero-order valence-corrected chi connectivity index (χ0v) is 60.5. The predicted octanol–water partition coefficient (Wildman–Crippen LogP) is 5.58. The van der Waals surface area contributed by atoms with Crippen LogP contribution in [0, 0.1) is 13.8 Å². The van der Waals surface area contributed by atoms with E-state index >= 15 is 0 Å². The number of imide groups is 6. The van der Waals surface area contributed by atoms with Gasteiger partial charge < -0.3 is 36.5 Å². The summed E-state index contributed by atoms with van der Waals surface area (Å²) in [4.78, 5) is 196. The van der Waals surface area contributed by atoms with E-state index in [4.69, 9.17) is 0 Å². The van der Waals surface area contributed by atoms with Crippen LogP contribution < -0.4 is 64.4 Å². The number of H-pyrrole nitrogens is 3. The van der Waals surface area contributed by atoms with Gasteiger partial charge in [-0.25, -0.2) is 57.2 Å². The van der Waals surface area contributed by atoms with E-state index < -0.39 is 105 Å². The number of phenolic OH excluding ortho intramolecular Hbond substituents is 2. The fraction of sp³-hybridized carbons (Fsp3) is 0.0625. The maximum absolute atomic E-state index is 13.0. The summed E-state index contributed by atoms with van der Waals surface area (Å²) in [5, 5.41) is 57.2. The Morgan fingerprint density at radius 2 is 0.658 bits per heavy atom. The molecule has 0 spiro atoms. The molecule has 3 aromatic heterocycles. The summed E-state index contributed by atoms with van der Waals surface area (Å²) in [7, 11) is 0. The largest absolute Gasteiger partial charge is 0.508 e. The Morgan fingerprint density at radius 1 is 0.342 bits per heavy atom. The fourth-order valence-electron chi connectivity index (χ4n) is 10.9. The maximum Gasteiger partial charge on any atom is 0.335 e. The molecule has 0 unspecified atom stereocenters. The summed E-state index contributed by atoms with van der Waals surface area (Å²) < 4.78 is 2.68. The quantitative estimate of drug-likeness (QED) is 0.0339. The van der Waals surface area contributed by atoms with E-state index in [0.29, 0.717) is 44.4 Å². The van der Waals surface area contributed by atoms with Crippen LogP contribution in [0.2, 0.25) is 0 Å². The second-order valence-corrected chi connectivity index (χ2v) is 24.6. The van der Waals surface area contributed by atoms with Gasteiger partial charge in [-0.15, -0.1) is 0 Å². The number of anilines is 3. The number of allylic oxidation sites excluding steroid dienone is 12. The van der Waals surface area contributed by atoms with Crippen molar-refractivity contribution < 1.29 is 79.6 Å². The number of benzene rings is 6. The van der Waals surface area contributed by atoms with Gasteiger partial charge in [0, 0.05) is 12.1 Å². The SMILES string of the molecule is CC(/C=C/c1c(O)n(-c2cccc(C)c2)c(=O)[nH]c1=O)=C\C=C1/C(=O)NC(=O)N(c2cccc(C)c2)C1=O.CC(C=Cc1c(O)[nH]c(=O)n(-c2cccc(O)c2)c1=O)=CC=C1C(=O)NC(=O)N(c2cccc(O)c2)C1=O.CC(C=Cc1c(O)n(-c2ccccc2)c(=O)[nH]c1=O)=CC=C1C(=O)NC(=O)N(c2ccccc2)C1=O.O.O. The van der Waals surface area contributed by atoms with E-state index in [2.05, 4.69) is 30.9 Å². The molecule has 0 aliphatic carbocycles. The number of nitrogens with zero attached hydrogens (tertiary/aromatic N) is 6.